The summed E-state index contributed by atoms with van der Waals surface area (Å²) in [5.41, 5.74) is 3.71. The van der Waals surface area contributed by atoms with Crippen molar-refractivity contribution in [2.24, 2.45) is 0 Å². The third-order valence-electron chi connectivity index (χ3n) is 12.4. The van der Waals surface area contributed by atoms with Crippen molar-refractivity contribution in [2.75, 3.05) is 49.1 Å². The number of piperazine rings is 1. The third kappa shape index (κ3) is 8.40. The van der Waals surface area contributed by atoms with Crippen LogP contribution in [0.15, 0.2) is 60.7 Å². The Bertz CT molecular complexity index is 2110. The molecule has 0 radical (unpaired) electrons. The van der Waals surface area contributed by atoms with E-state index in [4.69, 9.17) is 21.6 Å². The van der Waals surface area contributed by atoms with Crippen LogP contribution in [0.5, 0.6) is 5.75 Å². The molecular weight excluding hydrogens is 758 g/mol. The fourth-order valence-corrected chi connectivity index (χ4v) is 9.38. The second-order valence-corrected chi connectivity index (χ2v) is 16.4. The van der Waals surface area contributed by atoms with Crippen LogP contribution in [-0.4, -0.2) is 103 Å². The van der Waals surface area contributed by atoms with E-state index in [0.717, 1.165) is 107 Å². The predicted molar refractivity (Wildman–Crippen MR) is 218 cm³/mol. The summed E-state index contributed by atoms with van der Waals surface area (Å²) in [5.74, 6) is -1.33. The van der Waals surface area contributed by atoms with Gasteiger partial charge in [-0.25, -0.2) is 0 Å². The van der Waals surface area contributed by atoms with Crippen molar-refractivity contribution in [3.05, 3.63) is 87.9 Å². The fourth-order valence-electron chi connectivity index (χ4n) is 9.17. The van der Waals surface area contributed by atoms with Gasteiger partial charge in [-0.05, 0) is 112 Å². The largest absolute Gasteiger partial charge is 0.490 e. The molecule has 0 aromatic heterocycles. The zero-order valence-corrected chi connectivity index (χ0v) is 33.2. The smallest absolute Gasteiger partial charge is 0.262 e. The number of hydrogen-bond donors (Lipinski definition) is 2. The Morgan fingerprint density at radius 2 is 1.43 bits per heavy atom. The van der Waals surface area contributed by atoms with Crippen LogP contribution in [0.4, 0.5) is 11.4 Å². The summed E-state index contributed by atoms with van der Waals surface area (Å²) in [6, 6.07) is 20.2. The van der Waals surface area contributed by atoms with Crippen LogP contribution in [0.1, 0.15) is 101 Å². The molecule has 8 rings (SSSR count). The van der Waals surface area contributed by atoms with E-state index in [1.165, 1.54) is 0 Å². The lowest BCUT2D eigenvalue weighted by Gasteiger charge is -2.44. The van der Waals surface area contributed by atoms with E-state index in [1.54, 1.807) is 30.3 Å². The summed E-state index contributed by atoms with van der Waals surface area (Å²) in [5, 5.41) is 15.0. The van der Waals surface area contributed by atoms with Crippen molar-refractivity contribution in [3.63, 3.8) is 0 Å². The molecule has 1 unspecified atom stereocenters. The van der Waals surface area contributed by atoms with E-state index in [0.29, 0.717) is 39.1 Å². The van der Waals surface area contributed by atoms with E-state index >= 15 is 0 Å². The Morgan fingerprint density at radius 3 is 2.10 bits per heavy atom. The first-order chi connectivity index (χ1) is 28.1. The van der Waals surface area contributed by atoms with Gasteiger partial charge in [-0.3, -0.25) is 39.1 Å². The van der Waals surface area contributed by atoms with Gasteiger partial charge in [-0.15, -0.1) is 0 Å². The Kier molecular flexibility index (Phi) is 11.7. The second-order valence-electron chi connectivity index (χ2n) is 16.0. The van der Waals surface area contributed by atoms with E-state index in [9.17, 15) is 24.0 Å². The number of anilines is 2. The van der Waals surface area contributed by atoms with Gasteiger partial charge in [-0.2, -0.15) is 5.26 Å². The van der Waals surface area contributed by atoms with Crippen LogP contribution in [-0.2, 0) is 9.59 Å². The number of carbonyl (C=O) groups excluding carboxylic acids is 5. The number of amides is 5. The average Bonchev–Trinajstić information content (AvgIpc) is 3.47. The maximum Gasteiger partial charge on any atom is 0.262 e. The van der Waals surface area contributed by atoms with Crippen LogP contribution in [0.2, 0.25) is 5.02 Å². The second kappa shape index (κ2) is 17.2. The van der Waals surface area contributed by atoms with E-state index in [-0.39, 0.29) is 30.9 Å². The standard InChI is InChI=1S/C44H48ClN7O6/c45-38-26-35(13-9-29(38)27-46)58-34-5-1-3-30(4-2-6-34)47-41(54)28-7-10-31(11-8-28)49-19-17-32(18-20-49)50-21-23-51(24-22-50)33-12-14-36-37(25-33)44(57)52(43(36)56)39-15-16-40(53)48-42(39)55/h7-14,25-26,30,32,34,39H,1-6,15-24H2,(H,47,54)(H,48,53,55)/t30-,34-,39?. The highest BCUT2D eigenvalue weighted by Gasteiger charge is 2.45. The van der Waals surface area contributed by atoms with Crippen LogP contribution >= 0.6 is 11.6 Å². The van der Waals surface area contributed by atoms with E-state index in [1.807, 2.05) is 18.2 Å². The molecule has 58 heavy (non-hydrogen) atoms. The van der Waals surface area contributed by atoms with Gasteiger partial charge in [0.2, 0.25) is 11.8 Å². The Labute approximate surface area is 343 Å². The van der Waals surface area contributed by atoms with Crippen molar-refractivity contribution < 1.29 is 28.7 Å². The molecule has 5 aliphatic rings. The minimum Gasteiger partial charge on any atom is -0.490 e. The molecule has 3 aromatic rings. The molecular formula is C44H48ClN7O6. The lowest BCUT2D eigenvalue weighted by Crippen LogP contribution is -2.54. The molecule has 1 saturated carbocycles. The van der Waals surface area contributed by atoms with Crippen LogP contribution in [0, 0.1) is 11.3 Å². The normalized spacial score (nSPS) is 23.4. The number of piperidine rings is 2. The van der Waals surface area contributed by atoms with Gasteiger partial charge in [0.25, 0.3) is 17.7 Å². The van der Waals surface area contributed by atoms with Gasteiger partial charge in [0.05, 0.1) is 27.8 Å². The van der Waals surface area contributed by atoms with Crippen LogP contribution < -0.4 is 25.2 Å². The average molecular weight is 806 g/mol. The number of nitrogens with one attached hydrogen (secondary N) is 2. The molecule has 4 aliphatic heterocycles. The number of ether oxygens (including phenoxy) is 1. The van der Waals surface area contributed by atoms with Gasteiger partial charge in [-0.1, -0.05) is 11.6 Å². The lowest BCUT2D eigenvalue weighted by atomic mass is 9.94. The summed E-state index contributed by atoms with van der Waals surface area (Å²) >= 11 is 6.19. The molecule has 5 amide bonds. The van der Waals surface area contributed by atoms with Gasteiger partial charge in [0, 0.05) is 80.8 Å². The fraction of sp³-hybridized carbons (Fsp3) is 0.455. The molecule has 4 heterocycles. The van der Waals surface area contributed by atoms with Crippen molar-refractivity contribution in [1.82, 2.24) is 20.4 Å². The monoisotopic (exact) mass is 805 g/mol. The van der Waals surface area contributed by atoms with Crippen LogP contribution in [0.3, 0.4) is 0 Å². The van der Waals surface area contributed by atoms with E-state index < -0.39 is 29.7 Å². The SMILES string of the molecule is N#Cc1ccc(O[C@H]2CCC[C@H](NC(=O)c3ccc(N4CCC(N5CCN(c6ccc7c(c6)C(=O)N(C6CCC(=O)NC6=O)C7=O)CC5)CC4)cc3)CCC2)cc1Cl. The topological polar surface area (TPSA) is 155 Å². The van der Waals surface area contributed by atoms with Gasteiger partial charge < -0.3 is 19.9 Å². The molecule has 302 valence electrons. The number of carbonyl (C=O) groups is 5. The first-order valence-electron chi connectivity index (χ1n) is 20.5. The zero-order chi connectivity index (χ0) is 40.3. The number of halogens is 1. The molecule has 1 aliphatic carbocycles. The van der Waals surface area contributed by atoms with E-state index in [2.05, 4.69) is 43.5 Å². The predicted octanol–water partition coefficient (Wildman–Crippen LogP) is 5.30. The molecule has 1 atom stereocenters. The van der Waals surface area contributed by atoms with Crippen LogP contribution in [0.25, 0.3) is 0 Å². The summed E-state index contributed by atoms with van der Waals surface area (Å²) in [7, 11) is 0. The van der Waals surface area contributed by atoms with Gasteiger partial charge in [0.15, 0.2) is 0 Å². The molecule has 4 fully saturated rings. The van der Waals surface area contributed by atoms with Gasteiger partial charge in [0.1, 0.15) is 17.9 Å². The van der Waals surface area contributed by atoms with Crippen molar-refractivity contribution >= 4 is 52.5 Å². The quantitative estimate of drug-likeness (QED) is 0.287. The number of nitrogens with zero attached hydrogens (tertiary/aromatic N) is 5. The Morgan fingerprint density at radius 1 is 0.759 bits per heavy atom. The molecule has 14 heteroatoms. The summed E-state index contributed by atoms with van der Waals surface area (Å²) in [6.45, 7) is 5.26. The van der Waals surface area contributed by atoms with Crippen molar-refractivity contribution in [2.45, 2.75) is 88.4 Å². The first-order valence-corrected chi connectivity index (χ1v) is 20.9. The summed E-state index contributed by atoms with van der Waals surface area (Å²) in [4.78, 5) is 72.0. The highest BCUT2D eigenvalue weighted by atomic mass is 35.5. The minimum absolute atomic E-state index is 0.0378. The highest BCUT2D eigenvalue weighted by Crippen LogP contribution is 2.32. The molecule has 3 saturated heterocycles. The highest BCUT2D eigenvalue weighted by molar-refractivity contribution is 6.31. The molecule has 3 aromatic carbocycles. The Balaban J connectivity index is 0.768. The molecule has 0 bridgehead atoms. The number of hydrogen-bond acceptors (Lipinski definition) is 10. The molecule has 2 N–H and O–H groups in total. The molecule has 13 nitrogen and oxygen atoms in total. The Hall–Kier alpha value is -5.45. The number of fused-ring (bicyclic) bond motifs is 1. The number of imide groups is 2. The van der Waals surface area contributed by atoms with Crippen molar-refractivity contribution in [3.8, 4) is 11.8 Å². The summed E-state index contributed by atoms with van der Waals surface area (Å²) < 4.78 is 6.19. The minimum atomic E-state index is -0.974. The molecule has 0 spiro atoms. The number of nitriles is 1. The number of rotatable bonds is 8. The third-order valence-corrected chi connectivity index (χ3v) is 12.7. The summed E-state index contributed by atoms with van der Waals surface area (Å²) in [6.07, 6.45) is 7.86. The van der Waals surface area contributed by atoms with Gasteiger partial charge >= 0.3 is 0 Å². The maximum atomic E-state index is 13.3. The van der Waals surface area contributed by atoms with Crippen molar-refractivity contribution in [1.29, 1.82) is 5.26 Å². The zero-order valence-electron chi connectivity index (χ0n) is 32.5. The number of benzene rings is 3. The first kappa shape index (κ1) is 39.4. The lowest BCUT2D eigenvalue weighted by molar-refractivity contribution is -0.136. The maximum absolute atomic E-state index is 13.3.